The number of rotatable bonds is 5. The van der Waals surface area contributed by atoms with Crippen LogP contribution in [-0.4, -0.2) is 25.1 Å². The maximum Gasteiger partial charge on any atom is 0.343 e. The molecule has 0 fully saturated rings. The number of carbonyl (C=O) groups is 1. The summed E-state index contributed by atoms with van der Waals surface area (Å²) in [4.78, 5) is 22.8. The Kier molecular flexibility index (Phi) is 4.70. The third-order valence-corrected chi connectivity index (χ3v) is 3.84. The average Bonchev–Trinajstić information content (AvgIpc) is 2.66. The van der Waals surface area contributed by atoms with Crippen molar-refractivity contribution in [3.63, 3.8) is 0 Å². The summed E-state index contributed by atoms with van der Waals surface area (Å²) < 4.78 is 15.5. The number of nitrogens with zero attached hydrogens (tertiary/aromatic N) is 1. The molecule has 0 aromatic heterocycles. The standard InChI is InChI=1S/C19H15NO6/c1-24-15-6-3-12-4-7-16(10-14(12)9-15)26-19(21)13-5-8-18(25-2)17(11-13)20(22)23/h3-11H,1-2H3. The van der Waals surface area contributed by atoms with Crippen LogP contribution in [0.2, 0.25) is 0 Å². The topological polar surface area (TPSA) is 87.9 Å². The molecule has 26 heavy (non-hydrogen) atoms. The van der Waals surface area contributed by atoms with Crippen LogP contribution in [-0.2, 0) is 0 Å². The highest BCUT2D eigenvalue weighted by Gasteiger charge is 2.19. The van der Waals surface area contributed by atoms with E-state index in [0.717, 1.165) is 16.8 Å². The molecule has 7 nitrogen and oxygen atoms in total. The number of hydrogen-bond acceptors (Lipinski definition) is 6. The Morgan fingerprint density at radius 2 is 1.58 bits per heavy atom. The fourth-order valence-corrected chi connectivity index (χ4v) is 2.52. The van der Waals surface area contributed by atoms with Gasteiger partial charge in [-0.05, 0) is 47.2 Å². The lowest BCUT2D eigenvalue weighted by atomic mass is 10.1. The molecule has 0 amide bonds. The lowest BCUT2D eigenvalue weighted by molar-refractivity contribution is -0.385. The lowest BCUT2D eigenvalue weighted by Crippen LogP contribution is -2.09. The zero-order valence-corrected chi connectivity index (χ0v) is 14.1. The molecule has 7 heteroatoms. The van der Waals surface area contributed by atoms with Crippen molar-refractivity contribution in [3.8, 4) is 17.2 Å². The van der Waals surface area contributed by atoms with Crippen LogP contribution in [0.4, 0.5) is 5.69 Å². The molecule has 0 unspecified atom stereocenters. The van der Waals surface area contributed by atoms with Crippen molar-refractivity contribution < 1.29 is 23.9 Å². The second-order valence-electron chi connectivity index (χ2n) is 5.41. The number of methoxy groups -OCH3 is 2. The van der Waals surface area contributed by atoms with Crippen molar-refractivity contribution in [2.45, 2.75) is 0 Å². The summed E-state index contributed by atoms with van der Waals surface area (Å²) in [5, 5.41) is 12.9. The molecular formula is C19H15NO6. The first-order valence-corrected chi connectivity index (χ1v) is 7.64. The van der Waals surface area contributed by atoms with E-state index >= 15 is 0 Å². The number of ether oxygens (including phenoxy) is 3. The molecule has 0 heterocycles. The van der Waals surface area contributed by atoms with Crippen LogP contribution >= 0.6 is 0 Å². The van der Waals surface area contributed by atoms with Gasteiger partial charge in [-0.2, -0.15) is 0 Å². The molecular weight excluding hydrogens is 338 g/mol. The highest BCUT2D eigenvalue weighted by Crippen LogP contribution is 2.29. The van der Waals surface area contributed by atoms with Gasteiger partial charge in [-0.15, -0.1) is 0 Å². The van der Waals surface area contributed by atoms with Gasteiger partial charge in [0, 0.05) is 6.07 Å². The van der Waals surface area contributed by atoms with E-state index in [4.69, 9.17) is 14.2 Å². The first-order chi connectivity index (χ1) is 12.5. The molecule has 0 radical (unpaired) electrons. The molecule has 3 rings (SSSR count). The first kappa shape index (κ1) is 17.2. The van der Waals surface area contributed by atoms with Crippen molar-refractivity contribution in [1.29, 1.82) is 0 Å². The van der Waals surface area contributed by atoms with Crippen LogP contribution in [0.3, 0.4) is 0 Å². The summed E-state index contributed by atoms with van der Waals surface area (Å²) in [5.41, 5.74) is -0.242. The number of nitro benzene ring substituents is 1. The van der Waals surface area contributed by atoms with Gasteiger partial charge in [0.15, 0.2) is 5.75 Å². The van der Waals surface area contributed by atoms with Gasteiger partial charge in [-0.1, -0.05) is 12.1 Å². The van der Waals surface area contributed by atoms with Crippen LogP contribution in [0.25, 0.3) is 10.8 Å². The molecule has 0 aliphatic rings. The third kappa shape index (κ3) is 3.41. The number of hydrogen-bond donors (Lipinski definition) is 0. The molecule has 3 aromatic rings. The van der Waals surface area contributed by atoms with Gasteiger partial charge < -0.3 is 14.2 Å². The van der Waals surface area contributed by atoms with Crippen LogP contribution in [0.15, 0.2) is 54.6 Å². The lowest BCUT2D eigenvalue weighted by Gasteiger charge is -2.08. The number of carbonyl (C=O) groups excluding carboxylic acids is 1. The van der Waals surface area contributed by atoms with Gasteiger partial charge in [0.2, 0.25) is 0 Å². The molecule has 3 aromatic carbocycles. The summed E-state index contributed by atoms with van der Waals surface area (Å²) in [6, 6.07) is 14.6. The normalized spacial score (nSPS) is 10.4. The van der Waals surface area contributed by atoms with E-state index in [1.807, 2.05) is 24.3 Å². The van der Waals surface area contributed by atoms with E-state index in [1.165, 1.54) is 19.2 Å². The predicted octanol–water partition coefficient (Wildman–Crippen LogP) is 3.98. The summed E-state index contributed by atoms with van der Waals surface area (Å²) in [6.07, 6.45) is 0. The van der Waals surface area contributed by atoms with Crippen molar-refractivity contribution in [2.24, 2.45) is 0 Å². The third-order valence-electron chi connectivity index (χ3n) is 3.84. The Bertz CT molecular complexity index is 998. The van der Waals surface area contributed by atoms with Gasteiger partial charge in [0.25, 0.3) is 0 Å². The van der Waals surface area contributed by atoms with Crippen molar-refractivity contribution in [2.75, 3.05) is 14.2 Å². The van der Waals surface area contributed by atoms with Gasteiger partial charge >= 0.3 is 11.7 Å². The van der Waals surface area contributed by atoms with E-state index in [2.05, 4.69) is 0 Å². The van der Waals surface area contributed by atoms with Gasteiger partial charge in [-0.25, -0.2) is 4.79 Å². The first-order valence-electron chi connectivity index (χ1n) is 7.64. The molecule has 0 saturated heterocycles. The Morgan fingerprint density at radius 1 is 0.885 bits per heavy atom. The largest absolute Gasteiger partial charge is 0.497 e. The molecule has 0 saturated carbocycles. The van der Waals surface area contributed by atoms with E-state index in [9.17, 15) is 14.9 Å². The molecule has 0 spiro atoms. The zero-order chi connectivity index (χ0) is 18.7. The van der Waals surface area contributed by atoms with E-state index in [1.54, 1.807) is 19.2 Å². The molecule has 0 aliphatic heterocycles. The maximum absolute atomic E-state index is 12.3. The summed E-state index contributed by atoms with van der Waals surface area (Å²) >= 11 is 0. The molecule has 0 atom stereocenters. The van der Waals surface area contributed by atoms with Crippen molar-refractivity contribution in [3.05, 3.63) is 70.3 Å². The minimum Gasteiger partial charge on any atom is -0.497 e. The number of fused-ring (bicyclic) bond motifs is 1. The quantitative estimate of drug-likeness (QED) is 0.298. The van der Waals surface area contributed by atoms with Gasteiger partial charge in [-0.3, -0.25) is 10.1 Å². The number of nitro groups is 1. The highest BCUT2D eigenvalue weighted by atomic mass is 16.6. The van der Waals surface area contributed by atoms with Crippen molar-refractivity contribution in [1.82, 2.24) is 0 Å². The maximum atomic E-state index is 12.3. The Labute approximate surface area is 148 Å². The van der Waals surface area contributed by atoms with Crippen LogP contribution in [0, 0.1) is 10.1 Å². The smallest absolute Gasteiger partial charge is 0.343 e. The second kappa shape index (κ2) is 7.10. The highest BCUT2D eigenvalue weighted by molar-refractivity contribution is 5.93. The van der Waals surface area contributed by atoms with Gasteiger partial charge in [0.05, 0.1) is 24.7 Å². The Balaban J connectivity index is 1.89. The fourth-order valence-electron chi connectivity index (χ4n) is 2.52. The molecule has 0 aliphatic carbocycles. The minimum atomic E-state index is -0.696. The average molecular weight is 353 g/mol. The Morgan fingerprint density at radius 3 is 2.23 bits per heavy atom. The van der Waals surface area contributed by atoms with E-state index < -0.39 is 10.9 Å². The molecule has 132 valence electrons. The predicted molar refractivity (Wildman–Crippen MR) is 95.1 cm³/mol. The number of esters is 1. The monoisotopic (exact) mass is 353 g/mol. The summed E-state index contributed by atoms with van der Waals surface area (Å²) in [5.74, 6) is 0.392. The summed E-state index contributed by atoms with van der Waals surface area (Å²) in [6.45, 7) is 0. The van der Waals surface area contributed by atoms with Crippen LogP contribution < -0.4 is 14.2 Å². The Hall–Kier alpha value is -3.61. The fraction of sp³-hybridized carbons (Fsp3) is 0.105. The van der Waals surface area contributed by atoms with Crippen LogP contribution in [0.1, 0.15) is 10.4 Å². The summed E-state index contributed by atoms with van der Waals surface area (Å²) in [7, 11) is 2.89. The second-order valence-corrected chi connectivity index (χ2v) is 5.41. The van der Waals surface area contributed by atoms with Crippen molar-refractivity contribution >= 4 is 22.4 Å². The molecule has 0 bridgehead atoms. The van der Waals surface area contributed by atoms with Gasteiger partial charge in [0.1, 0.15) is 11.5 Å². The van der Waals surface area contributed by atoms with E-state index in [0.29, 0.717) is 11.5 Å². The number of benzene rings is 3. The van der Waals surface area contributed by atoms with Crippen LogP contribution in [0.5, 0.6) is 17.2 Å². The zero-order valence-electron chi connectivity index (χ0n) is 14.1. The molecule has 0 N–H and O–H groups in total. The van der Waals surface area contributed by atoms with E-state index in [-0.39, 0.29) is 17.0 Å². The SMILES string of the molecule is COc1ccc2ccc(OC(=O)c3ccc(OC)c([N+](=O)[O-])c3)cc2c1. The minimum absolute atomic E-state index is 0.0586.